The van der Waals surface area contributed by atoms with Crippen LogP contribution in [0.25, 0.3) is 0 Å². The van der Waals surface area contributed by atoms with Gasteiger partial charge in [-0.2, -0.15) is 0 Å². The predicted molar refractivity (Wildman–Crippen MR) is 65.4 cm³/mol. The second kappa shape index (κ2) is 6.03. The Balaban J connectivity index is 1.85. The molecule has 1 aliphatic heterocycles. The van der Waals surface area contributed by atoms with Gasteiger partial charge in [-0.05, 0) is 32.1 Å². The molecule has 1 heterocycles. The molecule has 0 aromatic carbocycles. The van der Waals surface area contributed by atoms with Gasteiger partial charge in [0.15, 0.2) is 0 Å². The van der Waals surface area contributed by atoms with Crippen molar-refractivity contribution in [2.75, 3.05) is 6.54 Å². The number of hydrogen-bond acceptors (Lipinski definition) is 2. The first-order valence-corrected chi connectivity index (χ1v) is 6.85. The van der Waals surface area contributed by atoms with Crippen LogP contribution in [0.15, 0.2) is 0 Å². The van der Waals surface area contributed by atoms with Crippen molar-refractivity contribution in [2.24, 2.45) is 5.92 Å². The fraction of sp³-hybridized carbons (Fsp3) is 0.846. The highest BCUT2D eigenvalue weighted by Gasteiger charge is 2.27. The molecule has 2 N–H and O–H groups in total. The quantitative estimate of drug-likeness (QED) is 0.763. The Morgan fingerprint density at radius 1 is 1.06 bits per heavy atom. The summed E-state index contributed by atoms with van der Waals surface area (Å²) in [5, 5.41) is 5.78. The molecule has 96 valence electrons. The Labute approximate surface area is 103 Å². The van der Waals surface area contributed by atoms with Crippen molar-refractivity contribution in [3.05, 3.63) is 0 Å². The Morgan fingerprint density at radius 3 is 2.53 bits per heavy atom. The Morgan fingerprint density at radius 2 is 1.76 bits per heavy atom. The van der Waals surface area contributed by atoms with Crippen LogP contribution >= 0.6 is 0 Å². The van der Waals surface area contributed by atoms with E-state index in [1.807, 2.05) is 0 Å². The standard InChI is InChI=1S/C13H22N2O2/c16-12(10-6-2-1-3-7-10)15-11-8-4-5-9-14-13(11)17/h10-11H,1-9H2,(H,14,17)(H,15,16). The van der Waals surface area contributed by atoms with Gasteiger partial charge in [0.25, 0.3) is 0 Å². The molecular weight excluding hydrogens is 216 g/mol. The molecule has 1 atom stereocenters. The number of nitrogens with one attached hydrogen (secondary N) is 2. The lowest BCUT2D eigenvalue weighted by Crippen LogP contribution is -2.47. The van der Waals surface area contributed by atoms with Crippen molar-refractivity contribution < 1.29 is 9.59 Å². The maximum atomic E-state index is 12.0. The van der Waals surface area contributed by atoms with Crippen LogP contribution < -0.4 is 10.6 Å². The predicted octanol–water partition coefficient (Wildman–Crippen LogP) is 1.35. The van der Waals surface area contributed by atoms with Crippen LogP contribution in [-0.2, 0) is 9.59 Å². The zero-order valence-electron chi connectivity index (χ0n) is 10.3. The third-order valence-electron chi connectivity index (χ3n) is 3.83. The number of carbonyl (C=O) groups is 2. The number of hydrogen-bond donors (Lipinski definition) is 2. The van der Waals surface area contributed by atoms with E-state index in [9.17, 15) is 9.59 Å². The number of rotatable bonds is 2. The molecule has 0 spiro atoms. The molecule has 17 heavy (non-hydrogen) atoms. The lowest BCUT2D eigenvalue weighted by molar-refractivity contribution is -0.131. The van der Waals surface area contributed by atoms with E-state index in [4.69, 9.17) is 0 Å². The molecule has 2 fully saturated rings. The summed E-state index contributed by atoms with van der Waals surface area (Å²) in [7, 11) is 0. The molecule has 1 saturated carbocycles. The summed E-state index contributed by atoms with van der Waals surface area (Å²) in [6, 6.07) is -0.299. The van der Waals surface area contributed by atoms with E-state index in [2.05, 4.69) is 10.6 Å². The van der Waals surface area contributed by atoms with Crippen LogP contribution in [0.5, 0.6) is 0 Å². The summed E-state index contributed by atoms with van der Waals surface area (Å²) in [6.45, 7) is 0.745. The Bertz CT molecular complexity index is 285. The van der Waals surface area contributed by atoms with Crippen LogP contribution in [0.4, 0.5) is 0 Å². The minimum absolute atomic E-state index is 0.00772. The molecule has 1 aliphatic carbocycles. The summed E-state index contributed by atoms with van der Waals surface area (Å²) in [4.78, 5) is 23.7. The molecule has 4 nitrogen and oxygen atoms in total. The Hall–Kier alpha value is -1.06. The van der Waals surface area contributed by atoms with Crippen molar-refractivity contribution in [3.63, 3.8) is 0 Å². The van der Waals surface area contributed by atoms with E-state index in [0.717, 1.165) is 51.5 Å². The average molecular weight is 238 g/mol. The number of carbonyl (C=O) groups excluding carboxylic acids is 2. The molecule has 4 heteroatoms. The highest BCUT2D eigenvalue weighted by atomic mass is 16.2. The minimum Gasteiger partial charge on any atom is -0.354 e. The second-order valence-electron chi connectivity index (χ2n) is 5.18. The van der Waals surface area contributed by atoms with Gasteiger partial charge < -0.3 is 10.6 Å². The fourth-order valence-electron chi connectivity index (χ4n) is 2.73. The molecule has 0 radical (unpaired) electrons. The van der Waals surface area contributed by atoms with Crippen molar-refractivity contribution in [1.29, 1.82) is 0 Å². The third-order valence-corrected chi connectivity index (χ3v) is 3.83. The van der Waals surface area contributed by atoms with Crippen molar-refractivity contribution in [2.45, 2.75) is 57.4 Å². The largest absolute Gasteiger partial charge is 0.354 e. The van der Waals surface area contributed by atoms with Gasteiger partial charge in [-0.15, -0.1) is 0 Å². The van der Waals surface area contributed by atoms with Crippen molar-refractivity contribution >= 4 is 11.8 Å². The molecule has 2 aliphatic rings. The smallest absolute Gasteiger partial charge is 0.242 e. The zero-order chi connectivity index (χ0) is 12.1. The highest BCUT2D eigenvalue weighted by Crippen LogP contribution is 2.24. The first kappa shape index (κ1) is 12.4. The molecule has 0 bridgehead atoms. The van der Waals surface area contributed by atoms with E-state index in [0.29, 0.717) is 0 Å². The summed E-state index contributed by atoms with van der Waals surface area (Å²) in [5.41, 5.74) is 0. The van der Waals surface area contributed by atoms with Gasteiger partial charge in [-0.3, -0.25) is 9.59 Å². The van der Waals surface area contributed by atoms with Gasteiger partial charge in [0, 0.05) is 12.5 Å². The van der Waals surface area contributed by atoms with Crippen LogP contribution in [0.3, 0.4) is 0 Å². The van der Waals surface area contributed by atoms with E-state index in [-0.39, 0.29) is 23.8 Å². The van der Waals surface area contributed by atoms with Crippen LogP contribution in [0, 0.1) is 5.92 Å². The SMILES string of the molecule is O=C(NC1CCCCNC1=O)C1CCCCC1. The van der Waals surface area contributed by atoms with E-state index in [1.54, 1.807) is 0 Å². The summed E-state index contributed by atoms with van der Waals surface area (Å²) < 4.78 is 0. The Kier molecular flexibility index (Phi) is 4.40. The minimum atomic E-state index is -0.299. The number of amides is 2. The highest BCUT2D eigenvalue weighted by molar-refractivity contribution is 5.88. The molecular formula is C13H22N2O2. The fourth-order valence-corrected chi connectivity index (χ4v) is 2.73. The average Bonchev–Trinajstić information content (AvgIpc) is 2.56. The van der Waals surface area contributed by atoms with Gasteiger partial charge in [0.05, 0.1) is 0 Å². The summed E-state index contributed by atoms with van der Waals surface area (Å²) in [6.07, 6.45) is 8.32. The molecule has 1 saturated heterocycles. The molecule has 1 unspecified atom stereocenters. The second-order valence-corrected chi connectivity index (χ2v) is 5.18. The first-order valence-electron chi connectivity index (χ1n) is 6.85. The van der Waals surface area contributed by atoms with E-state index < -0.39 is 0 Å². The maximum Gasteiger partial charge on any atom is 0.242 e. The van der Waals surface area contributed by atoms with Gasteiger partial charge >= 0.3 is 0 Å². The van der Waals surface area contributed by atoms with Crippen molar-refractivity contribution in [3.8, 4) is 0 Å². The van der Waals surface area contributed by atoms with Crippen LogP contribution in [0.2, 0.25) is 0 Å². The third kappa shape index (κ3) is 3.45. The van der Waals surface area contributed by atoms with Crippen molar-refractivity contribution in [1.82, 2.24) is 10.6 Å². The van der Waals surface area contributed by atoms with Gasteiger partial charge in [-0.1, -0.05) is 19.3 Å². The normalized spacial score (nSPS) is 27.1. The molecule has 2 rings (SSSR count). The summed E-state index contributed by atoms with van der Waals surface area (Å²) >= 11 is 0. The lowest BCUT2D eigenvalue weighted by atomic mass is 9.88. The molecule has 0 aromatic rings. The molecule has 2 amide bonds. The van der Waals surface area contributed by atoms with E-state index >= 15 is 0 Å². The van der Waals surface area contributed by atoms with Crippen LogP contribution in [0.1, 0.15) is 51.4 Å². The summed E-state index contributed by atoms with van der Waals surface area (Å²) in [5.74, 6) is 0.221. The maximum absolute atomic E-state index is 12.0. The monoisotopic (exact) mass is 238 g/mol. The first-order chi connectivity index (χ1) is 8.27. The van der Waals surface area contributed by atoms with Gasteiger partial charge in [0.2, 0.25) is 11.8 Å². The van der Waals surface area contributed by atoms with Crippen LogP contribution in [-0.4, -0.2) is 24.4 Å². The lowest BCUT2D eigenvalue weighted by Gasteiger charge is -2.23. The van der Waals surface area contributed by atoms with Gasteiger partial charge in [-0.25, -0.2) is 0 Å². The van der Waals surface area contributed by atoms with Gasteiger partial charge in [0.1, 0.15) is 6.04 Å². The zero-order valence-corrected chi connectivity index (χ0v) is 10.3. The molecule has 0 aromatic heterocycles. The topological polar surface area (TPSA) is 58.2 Å². The van der Waals surface area contributed by atoms with E-state index in [1.165, 1.54) is 6.42 Å².